The molecule has 0 bridgehead atoms. The molecule has 4 N–H and O–H groups in total. The highest BCUT2D eigenvalue weighted by Gasteiger charge is 2.19. The van der Waals surface area contributed by atoms with Gasteiger partial charge in [-0.25, -0.2) is 14.8 Å². The fourth-order valence-electron chi connectivity index (χ4n) is 4.33. The van der Waals surface area contributed by atoms with Crippen LogP contribution in [0.2, 0.25) is 0 Å². The maximum absolute atomic E-state index is 12.3. The predicted molar refractivity (Wildman–Crippen MR) is 146 cm³/mol. The number of amidine groups is 1. The van der Waals surface area contributed by atoms with Gasteiger partial charge in [0.1, 0.15) is 24.5 Å². The van der Waals surface area contributed by atoms with Crippen LogP contribution in [-0.2, 0) is 11.3 Å². The molecule has 0 aliphatic heterocycles. The second kappa shape index (κ2) is 13.4. The lowest BCUT2D eigenvalue weighted by Crippen LogP contribution is -2.38. The summed E-state index contributed by atoms with van der Waals surface area (Å²) in [5.41, 5.74) is 1.40. The molecule has 2 aromatic carbocycles. The van der Waals surface area contributed by atoms with Crippen LogP contribution >= 0.6 is 0 Å². The van der Waals surface area contributed by atoms with Crippen LogP contribution in [-0.4, -0.2) is 54.4 Å². The Morgan fingerprint density at radius 2 is 1.95 bits per heavy atom. The summed E-state index contributed by atoms with van der Waals surface area (Å²) < 4.78 is 22.3. The summed E-state index contributed by atoms with van der Waals surface area (Å²) in [6, 6.07) is 10.2. The molecule has 0 spiro atoms. The van der Waals surface area contributed by atoms with Crippen molar-refractivity contribution in [1.29, 1.82) is 5.41 Å². The topological polar surface area (TPSA) is 148 Å². The average Bonchev–Trinajstić information content (AvgIpc) is 3.47. The van der Waals surface area contributed by atoms with Crippen LogP contribution in [0.25, 0.3) is 10.9 Å². The highest BCUT2D eigenvalue weighted by molar-refractivity contribution is 6.02. The van der Waals surface area contributed by atoms with E-state index in [0.29, 0.717) is 47.2 Å². The number of nitrogens with one attached hydrogen (secondary N) is 3. The number of ether oxygens (including phenoxy) is 4. The Morgan fingerprint density at radius 1 is 1.13 bits per heavy atom. The number of aliphatic hydroxyl groups excluding tert-OH is 1. The number of nitrogens with zero attached hydrogens (tertiary/aromatic N) is 2. The van der Waals surface area contributed by atoms with Crippen LogP contribution in [0.3, 0.4) is 0 Å². The van der Waals surface area contributed by atoms with Crippen molar-refractivity contribution in [2.75, 3.05) is 27.4 Å². The van der Waals surface area contributed by atoms with E-state index in [1.807, 2.05) is 6.07 Å². The molecule has 1 aliphatic rings. The fourth-order valence-corrected chi connectivity index (χ4v) is 4.33. The van der Waals surface area contributed by atoms with Gasteiger partial charge in [-0.3, -0.25) is 10.7 Å². The maximum atomic E-state index is 12.3. The molecule has 11 nitrogen and oxygen atoms in total. The van der Waals surface area contributed by atoms with Crippen molar-refractivity contribution in [3.63, 3.8) is 0 Å². The molecule has 0 saturated heterocycles. The van der Waals surface area contributed by atoms with Crippen LogP contribution in [0.15, 0.2) is 54.6 Å². The summed E-state index contributed by atoms with van der Waals surface area (Å²) in [5, 5.41) is 23.9. The van der Waals surface area contributed by atoms with Gasteiger partial charge in [0, 0.05) is 31.7 Å². The largest absolute Gasteiger partial charge is 0.512 e. The molecule has 11 heteroatoms. The Bertz CT molecular complexity index is 1340. The number of methoxy groups -OCH3 is 2. The highest BCUT2D eigenvalue weighted by atomic mass is 16.5. The molecule has 1 aromatic heterocycles. The van der Waals surface area contributed by atoms with Crippen LogP contribution < -0.4 is 24.8 Å². The number of aliphatic hydroxyl groups is 1. The summed E-state index contributed by atoms with van der Waals surface area (Å²) in [5.74, 6) is 1.97. The van der Waals surface area contributed by atoms with Crippen molar-refractivity contribution < 1.29 is 28.8 Å². The Labute approximate surface area is 226 Å². The number of hydrogen-bond acceptors (Lipinski definition) is 9. The Kier molecular flexibility index (Phi) is 9.52. The lowest BCUT2D eigenvalue weighted by molar-refractivity contribution is 0.144. The van der Waals surface area contributed by atoms with Gasteiger partial charge in [-0.1, -0.05) is 25.0 Å². The van der Waals surface area contributed by atoms with Crippen LogP contribution in [0.5, 0.6) is 23.1 Å². The molecule has 0 radical (unpaired) electrons. The van der Waals surface area contributed by atoms with Crippen molar-refractivity contribution in [3.8, 4) is 23.1 Å². The minimum Gasteiger partial charge on any atom is -0.512 e. The molecule has 1 fully saturated rings. The van der Waals surface area contributed by atoms with Crippen molar-refractivity contribution >= 4 is 22.8 Å². The number of amides is 2. The van der Waals surface area contributed by atoms with E-state index in [4.69, 9.17) is 24.4 Å². The quantitative estimate of drug-likeness (QED) is 0.118. The van der Waals surface area contributed by atoms with Crippen LogP contribution in [0.4, 0.5) is 4.79 Å². The molecular weight excluding hydrogens is 502 g/mol. The van der Waals surface area contributed by atoms with E-state index in [9.17, 15) is 9.90 Å². The average molecular weight is 536 g/mol. The number of benzene rings is 2. The van der Waals surface area contributed by atoms with Gasteiger partial charge >= 0.3 is 6.03 Å². The van der Waals surface area contributed by atoms with E-state index in [1.54, 1.807) is 44.6 Å². The molecule has 1 aliphatic carbocycles. The molecule has 2 amide bonds. The van der Waals surface area contributed by atoms with Gasteiger partial charge in [0.2, 0.25) is 5.88 Å². The zero-order valence-electron chi connectivity index (χ0n) is 22.0. The van der Waals surface area contributed by atoms with Crippen molar-refractivity contribution in [2.24, 2.45) is 5.92 Å². The first-order valence-electron chi connectivity index (χ1n) is 12.7. The van der Waals surface area contributed by atoms with E-state index < -0.39 is 6.03 Å². The molecule has 0 unspecified atom stereocenters. The summed E-state index contributed by atoms with van der Waals surface area (Å²) in [4.78, 5) is 20.9. The summed E-state index contributed by atoms with van der Waals surface area (Å²) in [7, 11) is 3.16. The molecule has 1 saturated carbocycles. The molecule has 206 valence electrons. The number of aromatic nitrogens is 2. The highest BCUT2D eigenvalue weighted by Crippen LogP contribution is 2.36. The van der Waals surface area contributed by atoms with Crippen LogP contribution in [0, 0.1) is 11.3 Å². The Morgan fingerprint density at radius 3 is 2.72 bits per heavy atom. The number of urea groups is 1. The van der Waals surface area contributed by atoms with E-state index in [0.717, 1.165) is 31.2 Å². The number of fused-ring (bicyclic) bond motifs is 1. The minimum absolute atomic E-state index is 0.0716. The van der Waals surface area contributed by atoms with Crippen molar-refractivity contribution in [1.82, 2.24) is 20.6 Å². The molecule has 0 atom stereocenters. The van der Waals surface area contributed by atoms with Crippen LogP contribution in [0.1, 0.15) is 31.2 Å². The fraction of sp³-hybridized carbons (Fsp3) is 0.357. The first-order valence-corrected chi connectivity index (χ1v) is 12.7. The van der Waals surface area contributed by atoms with E-state index >= 15 is 0 Å². The normalized spacial score (nSPS) is 13.7. The number of allylic oxidation sites excluding steroid dienone is 1. The lowest BCUT2D eigenvalue weighted by atomic mass is 10.1. The van der Waals surface area contributed by atoms with E-state index in [1.165, 1.54) is 12.4 Å². The number of carbonyl (C=O) groups excluding carboxylic acids is 1. The van der Waals surface area contributed by atoms with E-state index in [-0.39, 0.29) is 24.1 Å². The lowest BCUT2D eigenvalue weighted by Gasteiger charge is -2.13. The number of rotatable bonds is 11. The monoisotopic (exact) mass is 535 g/mol. The molecule has 1 heterocycles. The third-order valence-electron chi connectivity index (χ3n) is 6.31. The first-order chi connectivity index (χ1) is 19.0. The SMILES string of the molecule is COCCOc1cc2ncnc(Oc3cccc(CNC(=O)NC(=N)/C=C(\O)C4CCCC4)c3)c2cc1OC. The summed E-state index contributed by atoms with van der Waals surface area (Å²) in [6.45, 7) is 1.01. The van der Waals surface area contributed by atoms with Gasteiger partial charge in [0.25, 0.3) is 0 Å². The zero-order valence-corrected chi connectivity index (χ0v) is 22.0. The Hall–Kier alpha value is -4.38. The number of hydrogen-bond donors (Lipinski definition) is 4. The van der Waals surface area contributed by atoms with Crippen molar-refractivity contribution in [3.05, 3.63) is 60.1 Å². The first kappa shape index (κ1) is 27.6. The molecular formula is C28H33N5O6. The van der Waals surface area contributed by atoms with Gasteiger partial charge < -0.3 is 29.4 Å². The zero-order chi connectivity index (χ0) is 27.6. The molecule has 39 heavy (non-hydrogen) atoms. The molecule has 4 rings (SSSR count). The smallest absolute Gasteiger partial charge is 0.320 e. The molecule has 3 aromatic rings. The third-order valence-corrected chi connectivity index (χ3v) is 6.31. The summed E-state index contributed by atoms with van der Waals surface area (Å²) in [6.07, 6.45) is 6.66. The standard InChI is InChI=1S/C28H33N5O6/c1-36-10-11-38-25-14-22-21(13-24(25)37-2)27(32-17-31-22)39-20-9-5-6-18(12-20)16-30-28(35)33-26(29)15-23(34)19-7-3-4-8-19/h5-6,9,12-15,17,19,34H,3-4,7-8,10-11,16H2,1-2H3,(H3,29,30,33,35)/b23-15-. The van der Waals surface area contributed by atoms with Gasteiger partial charge in [-0.15, -0.1) is 0 Å². The predicted octanol–water partition coefficient (Wildman–Crippen LogP) is 4.86. The second-order valence-electron chi connectivity index (χ2n) is 9.06. The van der Waals surface area contributed by atoms with Crippen molar-refractivity contribution in [2.45, 2.75) is 32.2 Å². The number of carbonyl (C=O) groups is 1. The second-order valence-corrected chi connectivity index (χ2v) is 9.06. The maximum Gasteiger partial charge on any atom is 0.320 e. The van der Waals surface area contributed by atoms with E-state index in [2.05, 4.69) is 20.6 Å². The third kappa shape index (κ3) is 7.57. The van der Waals surface area contributed by atoms with Gasteiger partial charge in [-0.05, 0) is 36.6 Å². The van der Waals surface area contributed by atoms with Gasteiger partial charge in [0.15, 0.2) is 11.5 Å². The summed E-state index contributed by atoms with van der Waals surface area (Å²) >= 11 is 0. The van der Waals surface area contributed by atoms with Gasteiger partial charge in [-0.2, -0.15) is 0 Å². The minimum atomic E-state index is -0.542. The Balaban J connectivity index is 1.39. The van der Waals surface area contributed by atoms with Gasteiger partial charge in [0.05, 0.1) is 30.4 Å².